The predicted molar refractivity (Wildman–Crippen MR) is 157 cm³/mol. The van der Waals surface area contributed by atoms with Gasteiger partial charge in [-0.15, -0.1) is 0 Å². The van der Waals surface area contributed by atoms with Gasteiger partial charge in [-0.05, 0) is 91.7 Å². The van der Waals surface area contributed by atoms with Crippen LogP contribution in [0.2, 0.25) is 0 Å². The molecule has 8 rings (SSSR count). The summed E-state index contributed by atoms with van der Waals surface area (Å²) in [5, 5.41) is 11.7. The molecular formula is C36H41NO5. The summed E-state index contributed by atoms with van der Waals surface area (Å²) in [6.45, 7) is 11.2. The molecule has 2 spiro atoms. The lowest BCUT2D eigenvalue weighted by molar-refractivity contribution is -0.218. The number of ether oxygens (including phenoxy) is 2. The maximum absolute atomic E-state index is 13.6. The predicted octanol–water partition coefficient (Wildman–Crippen LogP) is 5.52. The molecule has 6 nitrogen and oxygen atoms in total. The van der Waals surface area contributed by atoms with Crippen LogP contribution in [-0.4, -0.2) is 59.4 Å². The summed E-state index contributed by atoms with van der Waals surface area (Å²) in [5.41, 5.74) is 1.48. The molecule has 1 aliphatic heterocycles. The molecule has 2 aromatic carbocycles. The number of hydrogen-bond donors (Lipinski definition) is 1. The number of aliphatic hydroxyl groups is 1. The maximum atomic E-state index is 13.6. The molecule has 0 aromatic heterocycles. The lowest BCUT2D eigenvalue weighted by Gasteiger charge is -2.65. The Labute approximate surface area is 248 Å². The molecule has 0 amide bonds. The van der Waals surface area contributed by atoms with Gasteiger partial charge in [-0.2, -0.15) is 0 Å². The Morgan fingerprint density at radius 2 is 1.62 bits per heavy atom. The first-order chi connectivity index (χ1) is 20.3. The van der Waals surface area contributed by atoms with E-state index in [0.717, 1.165) is 44.3 Å². The molecular weight excluding hydrogens is 526 g/mol. The van der Waals surface area contributed by atoms with Gasteiger partial charge >= 0.3 is 11.9 Å². The van der Waals surface area contributed by atoms with Crippen molar-refractivity contribution in [2.75, 3.05) is 13.1 Å². The highest BCUT2D eigenvalue weighted by Crippen LogP contribution is 2.84. The van der Waals surface area contributed by atoms with Gasteiger partial charge in [0.1, 0.15) is 12.2 Å². The van der Waals surface area contributed by atoms with E-state index in [0.29, 0.717) is 23.5 Å². The molecule has 1 saturated heterocycles. The van der Waals surface area contributed by atoms with E-state index in [-0.39, 0.29) is 58.1 Å². The van der Waals surface area contributed by atoms with Crippen LogP contribution in [-0.2, 0) is 9.47 Å². The topological polar surface area (TPSA) is 76.1 Å². The normalized spacial score (nSPS) is 44.5. The summed E-state index contributed by atoms with van der Waals surface area (Å²) in [6.07, 6.45) is 3.07. The summed E-state index contributed by atoms with van der Waals surface area (Å²) in [7, 11) is 0. The molecule has 6 aliphatic rings. The molecule has 2 aromatic rings. The molecule has 220 valence electrons. The zero-order valence-electron chi connectivity index (χ0n) is 24.6. The van der Waals surface area contributed by atoms with Crippen LogP contribution >= 0.6 is 0 Å². The van der Waals surface area contributed by atoms with Gasteiger partial charge in [0.05, 0.1) is 17.2 Å². The molecule has 7 bridgehead atoms. The molecule has 11 unspecified atom stereocenters. The molecule has 6 fully saturated rings. The van der Waals surface area contributed by atoms with Crippen LogP contribution in [0.25, 0.3) is 0 Å². The van der Waals surface area contributed by atoms with Crippen molar-refractivity contribution in [3.05, 3.63) is 83.9 Å². The third-order valence-corrected chi connectivity index (χ3v) is 13.0. The van der Waals surface area contributed by atoms with E-state index in [1.54, 1.807) is 12.1 Å². The van der Waals surface area contributed by atoms with E-state index in [1.807, 2.05) is 48.5 Å². The van der Waals surface area contributed by atoms with Gasteiger partial charge in [-0.25, -0.2) is 9.59 Å². The highest BCUT2D eigenvalue weighted by molar-refractivity contribution is 5.90. The molecule has 5 aliphatic carbocycles. The van der Waals surface area contributed by atoms with Gasteiger partial charge < -0.3 is 14.6 Å². The Hall–Kier alpha value is -2.96. The third-order valence-electron chi connectivity index (χ3n) is 13.0. The van der Waals surface area contributed by atoms with Crippen molar-refractivity contribution < 1.29 is 24.2 Å². The number of likely N-dealkylation sites (tertiary alicyclic amines) is 1. The number of nitrogens with zero attached hydrogens (tertiary/aromatic N) is 1. The number of esters is 2. The van der Waals surface area contributed by atoms with Crippen LogP contribution in [0, 0.1) is 39.9 Å². The largest absolute Gasteiger partial charge is 0.458 e. The number of rotatable bonds is 5. The van der Waals surface area contributed by atoms with Crippen molar-refractivity contribution in [1.82, 2.24) is 4.90 Å². The van der Waals surface area contributed by atoms with Crippen molar-refractivity contribution in [3.63, 3.8) is 0 Å². The van der Waals surface area contributed by atoms with Crippen LogP contribution in [0.15, 0.2) is 72.8 Å². The number of benzene rings is 2. The van der Waals surface area contributed by atoms with Crippen molar-refractivity contribution >= 4 is 11.9 Å². The quantitative estimate of drug-likeness (QED) is 0.379. The van der Waals surface area contributed by atoms with Gasteiger partial charge in [0, 0.05) is 29.3 Å². The van der Waals surface area contributed by atoms with E-state index in [4.69, 9.17) is 9.47 Å². The highest BCUT2D eigenvalue weighted by atomic mass is 16.6. The van der Waals surface area contributed by atoms with E-state index in [1.165, 1.54) is 0 Å². The average molecular weight is 568 g/mol. The first kappa shape index (κ1) is 26.7. The fraction of sp³-hybridized carbons (Fsp3) is 0.556. The zero-order chi connectivity index (χ0) is 29.0. The number of piperidine rings is 1. The third kappa shape index (κ3) is 3.18. The smallest absolute Gasteiger partial charge is 0.338 e. The Morgan fingerprint density at radius 3 is 2.26 bits per heavy atom. The van der Waals surface area contributed by atoms with Crippen molar-refractivity contribution in [2.24, 2.45) is 39.9 Å². The summed E-state index contributed by atoms with van der Waals surface area (Å²) < 4.78 is 13.1. The van der Waals surface area contributed by atoms with Crippen LogP contribution in [0.1, 0.15) is 66.7 Å². The SMILES string of the molecule is C=C1C2CC3(C1OC(=O)c1ccccc1)C1CC4C5(C)CCC(OC(=O)c6ccccc6)C4(C1N(CC)C5)C3CC2O. The van der Waals surface area contributed by atoms with Crippen LogP contribution in [0.3, 0.4) is 0 Å². The number of carbonyl (C=O) groups excluding carboxylic acids is 2. The van der Waals surface area contributed by atoms with Crippen LogP contribution in [0.4, 0.5) is 0 Å². The van der Waals surface area contributed by atoms with Gasteiger partial charge in [0.2, 0.25) is 0 Å². The molecule has 42 heavy (non-hydrogen) atoms. The molecule has 5 saturated carbocycles. The second kappa shape index (κ2) is 9.03. The molecule has 11 atom stereocenters. The summed E-state index contributed by atoms with van der Waals surface area (Å²) in [6, 6.07) is 18.8. The first-order valence-electron chi connectivity index (χ1n) is 15.9. The summed E-state index contributed by atoms with van der Waals surface area (Å²) in [4.78, 5) is 29.9. The van der Waals surface area contributed by atoms with Crippen molar-refractivity contribution in [1.29, 1.82) is 0 Å². The van der Waals surface area contributed by atoms with Gasteiger partial charge in [0.15, 0.2) is 0 Å². The van der Waals surface area contributed by atoms with E-state index >= 15 is 0 Å². The second-order valence-corrected chi connectivity index (χ2v) is 14.4. The Bertz CT molecular complexity index is 1440. The minimum Gasteiger partial charge on any atom is -0.458 e. The number of aliphatic hydroxyl groups excluding tert-OH is 1. The lowest BCUT2D eigenvalue weighted by atomic mass is 9.43. The Morgan fingerprint density at radius 1 is 0.976 bits per heavy atom. The zero-order valence-corrected chi connectivity index (χ0v) is 24.6. The maximum Gasteiger partial charge on any atom is 0.338 e. The monoisotopic (exact) mass is 567 g/mol. The highest BCUT2D eigenvalue weighted by Gasteiger charge is 2.86. The van der Waals surface area contributed by atoms with E-state index in [9.17, 15) is 14.7 Å². The van der Waals surface area contributed by atoms with Crippen molar-refractivity contribution in [3.8, 4) is 0 Å². The standard InChI is InChI=1S/C36H41NO5/c1-4-37-20-34(3)16-15-29(41-32(39)22-11-7-5-8-12-22)36-27(34)17-25(30(36)37)35-19-24(26(38)18-28(35)36)21(2)31(35)42-33(40)23-13-9-6-10-14-23/h5-14,24-31,38H,2,4,15-20H2,1,3H3. The molecule has 0 radical (unpaired) electrons. The fourth-order valence-electron chi connectivity index (χ4n) is 11.8. The van der Waals surface area contributed by atoms with E-state index < -0.39 is 12.2 Å². The fourth-order valence-corrected chi connectivity index (χ4v) is 11.8. The average Bonchev–Trinajstić information content (AvgIpc) is 3.53. The van der Waals surface area contributed by atoms with Gasteiger partial charge in [-0.3, -0.25) is 4.90 Å². The van der Waals surface area contributed by atoms with Crippen LogP contribution < -0.4 is 0 Å². The van der Waals surface area contributed by atoms with Crippen molar-refractivity contribution in [2.45, 2.75) is 70.3 Å². The summed E-state index contributed by atoms with van der Waals surface area (Å²) >= 11 is 0. The Kier molecular flexibility index (Phi) is 5.73. The number of carbonyl (C=O) groups is 2. The minimum absolute atomic E-state index is 0.0698. The van der Waals surface area contributed by atoms with Gasteiger partial charge in [0.25, 0.3) is 0 Å². The molecule has 1 heterocycles. The second-order valence-electron chi connectivity index (χ2n) is 14.4. The minimum atomic E-state index is -0.542. The lowest BCUT2D eigenvalue weighted by Crippen LogP contribution is -2.69. The number of hydrogen-bond acceptors (Lipinski definition) is 6. The van der Waals surface area contributed by atoms with Crippen LogP contribution in [0.5, 0.6) is 0 Å². The first-order valence-corrected chi connectivity index (χ1v) is 15.9. The summed E-state index contributed by atoms with van der Waals surface area (Å²) in [5.74, 6) is 0.0763. The number of fused-ring (bicyclic) bond motifs is 1. The van der Waals surface area contributed by atoms with E-state index in [2.05, 4.69) is 25.3 Å². The molecule has 1 N–H and O–H groups in total. The molecule has 6 heteroatoms. The Balaban J connectivity index is 1.26. The van der Waals surface area contributed by atoms with Gasteiger partial charge in [-0.1, -0.05) is 56.8 Å².